The first kappa shape index (κ1) is 15.8. The molecule has 0 radical (unpaired) electrons. The van der Waals surface area contributed by atoms with E-state index in [9.17, 15) is 0 Å². The maximum Gasteiger partial charge on any atom is 0.230 e. The summed E-state index contributed by atoms with van der Waals surface area (Å²) in [7, 11) is 5.66. The summed E-state index contributed by atoms with van der Waals surface area (Å²) in [6.45, 7) is 3.90. The Bertz CT molecular complexity index is 581. The molecule has 1 aromatic carbocycles. The lowest BCUT2D eigenvalue weighted by atomic mass is 10.1. The minimum Gasteiger partial charge on any atom is -0.480 e. The minimum atomic E-state index is 0.729. The molecule has 1 aromatic heterocycles. The molecule has 0 aliphatic carbocycles. The zero-order valence-electron chi connectivity index (χ0n) is 13.1. The molecule has 4 nitrogen and oxygen atoms in total. The van der Waals surface area contributed by atoms with Crippen molar-refractivity contribution >= 4 is 16.5 Å². The predicted octanol–water partition coefficient (Wildman–Crippen LogP) is 2.86. The van der Waals surface area contributed by atoms with Crippen molar-refractivity contribution < 1.29 is 4.74 Å². The lowest BCUT2D eigenvalue weighted by Crippen LogP contribution is -2.16. The van der Waals surface area contributed by atoms with E-state index >= 15 is 0 Å². The van der Waals surface area contributed by atoms with E-state index in [1.54, 1.807) is 18.4 Å². The minimum absolute atomic E-state index is 0.729. The predicted molar refractivity (Wildman–Crippen MR) is 89.6 cm³/mol. The summed E-state index contributed by atoms with van der Waals surface area (Å²) in [5, 5.41) is 4.45. The second-order valence-electron chi connectivity index (χ2n) is 5.18. The van der Waals surface area contributed by atoms with Gasteiger partial charge in [0.15, 0.2) is 5.13 Å². The number of anilines is 1. The molecule has 114 valence electrons. The molecule has 0 aliphatic heterocycles. The monoisotopic (exact) mass is 305 g/mol. The van der Waals surface area contributed by atoms with E-state index in [2.05, 4.69) is 41.5 Å². The number of hydrogen-bond donors (Lipinski definition) is 1. The fourth-order valence-corrected chi connectivity index (χ4v) is 3.03. The number of aryl methyl sites for hydroxylation is 1. The molecule has 0 fully saturated rings. The number of aromatic nitrogens is 1. The van der Waals surface area contributed by atoms with Crippen LogP contribution in [0.4, 0.5) is 5.13 Å². The van der Waals surface area contributed by atoms with Gasteiger partial charge in [-0.25, -0.2) is 0 Å². The van der Waals surface area contributed by atoms with Crippen LogP contribution in [0.15, 0.2) is 24.3 Å². The van der Waals surface area contributed by atoms with Gasteiger partial charge < -0.3 is 15.0 Å². The molecule has 2 aromatic rings. The summed E-state index contributed by atoms with van der Waals surface area (Å²) in [4.78, 5) is 7.61. The highest BCUT2D eigenvalue weighted by atomic mass is 32.1. The number of thiazole rings is 1. The van der Waals surface area contributed by atoms with Crippen molar-refractivity contribution in [2.75, 3.05) is 32.6 Å². The van der Waals surface area contributed by atoms with Crippen LogP contribution in [-0.2, 0) is 13.0 Å². The molecule has 0 aliphatic rings. The van der Waals surface area contributed by atoms with E-state index in [1.807, 2.05) is 19.0 Å². The summed E-state index contributed by atoms with van der Waals surface area (Å²) >= 11 is 1.67. The van der Waals surface area contributed by atoms with Gasteiger partial charge in [-0.05, 0) is 31.0 Å². The number of rotatable bonds is 7. The third-order valence-electron chi connectivity index (χ3n) is 3.34. The zero-order valence-corrected chi connectivity index (χ0v) is 14.0. The summed E-state index contributed by atoms with van der Waals surface area (Å²) in [6, 6.07) is 8.52. The van der Waals surface area contributed by atoms with Gasteiger partial charge in [-0.1, -0.05) is 35.6 Å². The maximum atomic E-state index is 5.34. The fourth-order valence-electron chi connectivity index (χ4n) is 2.10. The Morgan fingerprint density at radius 2 is 2.05 bits per heavy atom. The Balaban J connectivity index is 1.87. The quantitative estimate of drug-likeness (QED) is 0.798. The topological polar surface area (TPSA) is 37.4 Å². The highest BCUT2D eigenvalue weighted by Gasteiger charge is 2.12. The van der Waals surface area contributed by atoms with E-state index in [0.29, 0.717) is 0 Å². The van der Waals surface area contributed by atoms with Gasteiger partial charge in [0, 0.05) is 20.6 Å². The first-order chi connectivity index (χ1) is 10.1. The Morgan fingerprint density at radius 1 is 1.29 bits per heavy atom. The van der Waals surface area contributed by atoms with Crippen LogP contribution in [0, 0.1) is 6.92 Å². The summed E-state index contributed by atoms with van der Waals surface area (Å²) in [6.07, 6.45) is 1.04. The summed E-state index contributed by atoms with van der Waals surface area (Å²) in [5.74, 6) is 0.729. The SMILES string of the molecule is COc1nc(N(C)C)sc1CNCCc1ccccc1C. The van der Waals surface area contributed by atoms with Crippen LogP contribution in [0.5, 0.6) is 5.88 Å². The third-order valence-corrected chi connectivity index (χ3v) is 4.55. The molecule has 0 atom stereocenters. The highest BCUT2D eigenvalue weighted by molar-refractivity contribution is 7.15. The van der Waals surface area contributed by atoms with Gasteiger partial charge >= 0.3 is 0 Å². The van der Waals surface area contributed by atoms with Crippen LogP contribution in [0.3, 0.4) is 0 Å². The zero-order chi connectivity index (χ0) is 15.2. The largest absolute Gasteiger partial charge is 0.480 e. The Hall–Kier alpha value is -1.59. The normalized spacial score (nSPS) is 10.7. The average Bonchev–Trinajstić information content (AvgIpc) is 2.89. The summed E-state index contributed by atoms with van der Waals surface area (Å²) in [5.41, 5.74) is 2.75. The van der Waals surface area contributed by atoms with Crippen LogP contribution in [-0.4, -0.2) is 32.7 Å². The molecule has 0 saturated heterocycles. The van der Waals surface area contributed by atoms with Gasteiger partial charge in [-0.15, -0.1) is 0 Å². The number of ether oxygens (including phenoxy) is 1. The number of nitrogens with one attached hydrogen (secondary N) is 1. The van der Waals surface area contributed by atoms with Crippen LogP contribution >= 0.6 is 11.3 Å². The molecule has 0 bridgehead atoms. The molecular formula is C16H23N3OS. The van der Waals surface area contributed by atoms with E-state index in [4.69, 9.17) is 4.74 Å². The standard InChI is InChI=1S/C16H23N3OS/c1-12-7-5-6-8-13(12)9-10-17-11-14-15(20-4)18-16(21-14)19(2)3/h5-8,17H,9-11H2,1-4H3. The van der Waals surface area contributed by atoms with Crippen molar-refractivity contribution in [3.8, 4) is 5.88 Å². The van der Waals surface area contributed by atoms with Gasteiger partial charge in [0.05, 0.1) is 12.0 Å². The van der Waals surface area contributed by atoms with E-state index < -0.39 is 0 Å². The number of benzene rings is 1. The number of hydrogen-bond acceptors (Lipinski definition) is 5. The highest BCUT2D eigenvalue weighted by Crippen LogP contribution is 2.30. The van der Waals surface area contributed by atoms with Crippen LogP contribution in [0.25, 0.3) is 0 Å². The maximum absolute atomic E-state index is 5.34. The van der Waals surface area contributed by atoms with Crippen molar-refractivity contribution in [2.45, 2.75) is 19.9 Å². The number of nitrogens with zero attached hydrogens (tertiary/aromatic N) is 2. The van der Waals surface area contributed by atoms with Crippen molar-refractivity contribution in [3.05, 3.63) is 40.3 Å². The molecule has 2 rings (SSSR count). The van der Waals surface area contributed by atoms with Crippen molar-refractivity contribution in [3.63, 3.8) is 0 Å². The van der Waals surface area contributed by atoms with Crippen LogP contribution < -0.4 is 15.0 Å². The molecule has 21 heavy (non-hydrogen) atoms. The van der Waals surface area contributed by atoms with Crippen molar-refractivity contribution in [1.82, 2.24) is 10.3 Å². The summed E-state index contributed by atoms with van der Waals surface area (Å²) < 4.78 is 5.34. The Kier molecular flexibility index (Phi) is 5.59. The fraction of sp³-hybridized carbons (Fsp3) is 0.438. The molecule has 0 amide bonds. The molecule has 5 heteroatoms. The van der Waals surface area contributed by atoms with Crippen LogP contribution in [0.2, 0.25) is 0 Å². The smallest absolute Gasteiger partial charge is 0.230 e. The van der Waals surface area contributed by atoms with Crippen molar-refractivity contribution in [2.24, 2.45) is 0 Å². The first-order valence-electron chi connectivity index (χ1n) is 7.08. The molecular weight excluding hydrogens is 282 g/mol. The van der Waals surface area contributed by atoms with E-state index in [-0.39, 0.29) is 0 Å². The molecule has 0 unspecified atom stereocenters. The molecule has 0 spiro atoms. The lowest BCUT2D eigenvalue weighted by molar-refractivity contribution is 0.395. The second kappa shape index (κ2) is 7.43. The van der Waals surface area contributed by atoms with Gasteiger partial charge in [0.1, 0.15) is 0 Å². The number of methoxy groups -OCH3 is 1. The van der Waals surface area contributed by atoms with Gasteiger partial charge in [0.2, 0.25) is 5.88 Å². The second-order valence-corrected chi connectivity index (χ2v) is 6.24. The van der Waals surface area contributed by atoms with Crippen LogP contribution in [0.1, 0.15) is 16.0 Å². The van der Waals surface area contributed by atoms with Crippen molar-refractivity contribution in [1.29, 1.82) is 0 Å². The van der Waals surface area contributed by atoms with Gasteiger partial charge in [-0.2, -0.15) is 4.98 Å². The molecule has 0 saturated carbocycles. The Labute approximate surface area is 130 Å². The Morgan fingerprint density at radius 3 is 2.71 bits per heavy atom. The first-order valence-corrected chi connectivity index (χ1v) is 7.89. The molecule has 1 heterocycles. The van der Waals surface area contributed by atoms with E-state index in [0.717, 1.165) is 35.4 Å². The van der Waals surface area contributed by atoms with E-state index in [1.165, 1.54) is 11.1 Å². The van der Waals surface area contributed by atoms with Gasteiger partial charge in [0.25, 0.3) is 0 Å². The molecule has 1 N–H and O–H groups in total. The lowest BCUT2D eigenvalue weighted by Gasteiger charge is -2.07. The third kappa shape index (κ3) is 4.19. The average molecular weight is 305 g/mol. The van der Waals surface area contributed by atoms with Gasteiger partial charge in [-0.3, -0.25) is 0 Å².